The summed E-state index contributed by atoms with van der Waals surface area (Å²) in [5, 5.41) is 0. The number of rotatable bonds is 5. The fourth-order valence-corrected chi connectivity index (χ4v) is 3.35. The maximum Gasteiger partial charge on any atom is 0.123 e. The van der Waals surface area contributed by atoms with E-state index in [2.05, 4.69) is 39.5 Å². The third kappa shape index (κ3) is 3.58. The molecule has 1 aliphatic carbocycles. The van der Waals surface area contributed by atoms with Gasteiger partial charge >= 0.3 is 0 Å². The van der Waals surface area contributed by atoms with Gasteiger partial charge in [0.05, 0.1) is 0 Å². The van der Waals surface area contributed by atoms with Gasteiger partial charge in [0.1, 0.15) is 5.82 Å². The van der Waals surface area contributed by atoms with Crippen molar-refractivity contribution >= 4 is 5.57 Å². The quantitative estimate of drug-likeness (QED) is 0.590. The maximum atomic E-state index is 13.9. The van der Waals surface area contributed by atoms with E-state index < -0.39 is 0 Å². The molecule has 0 aliphatic heterocycles. The Balaban J connectivity index is 2.38. The van der Waals surface area contributed by atoms with E-state index in [-0.39, 0.29) is 5.82 Å². The number of benzene rings is 1. The lowest BCUT2D eigenvalue weighted by atomic mass is 9.84. The molecule has 0 nitrogen and oxygen atoms in total. The van der Waals surface area contributed by atoms with E-state index in [0.29, 0.717) is 5.92 Å². The van der Waals surface area contributed by atoms with Crippen molar-refractivity contribution in [3.8, 4) is 0 Å². The Kier molecular flexibility index (Phi) is 5.39. The highest BCUT2D eigenvalue weighted by Gasteiger charge is 2.15. The standard InChI is InChI=1S/C21H27F/c1-6-14(3)21-16(5)10-20(22)13-19(21)12-17-9-8-15(4)18(7-2)11-17/h9-11,13,15H,3,6-8,12H2,1-2,4-5H3. The van der Waals surface area contributed by atoms with Gasteiger partial charge in [-0.1, -0.05) is 45.1 Å². The Hall–Kier alpha value is -1.63. The van der Waals surface area contributed by atoms with Crippen molar-refractivity contribution in [1.29, 1.82) is 0 Å². The molecule has 22 heavy (non-hydrogen) atoms. The molecule has 0 saturated carbocycles. The number of aryl methyl sites for hydroxylation is 1. The van der Waals surface area contributed by atoms with Crippen molar-refractivity contribution in [2.75, 3.05) is 0 Å². The van der Waals surface area contributed by atoms with E-state index in [1.807, 2.05) is 6.92 Å². The van der Waals surface area contributed by atoms with Gasteiger partial charge in [0.2, 0.25) is 0 Å². The van der Waals surface area contributed by atoms with Crippen LogP contribution in [0.5, 0.6) is 0 Å². The van der Waals surface area contributed by atoms with E-state index in [1.165, 1.54) is 11.1 Å². The van der Waals surface area contributed by atoms with E-state index in [4.69, 9.17) is 0 Å². The molecule has 1 heteroatoms. The van der Waals surface area contributed by atoms with Gasteiger partial charge in [-0.25, -0.2) is 4.39 Å². The summed E-state index contributed by atoms with van der Waals surface area (Å²) in [6, 6.07) is 3.30. The van der Waals surface area contributed by atoms with Crippen LogP contribution in [-0.4, -0.2) is 0 Å². The molecule has 1 unspecified atom stereocenters. The summed E-state index contributed by atoms with van der Waals surface area (Å²) in [4.78, 5) is 0. The molecule has 0 saturated heterocycles. The van der Waals surface area contributed by atoms with Gasteiger partial charge in [-0.2, -0.15) is 0 Å². The van der Waals surface area contributed by atoms with Gasteiger partial charge in [-0.05, 0) is 78.5 Å². The van der Waals surface area contributed by atoms with Gasteiger partial charge in [0.25, 0.3) is 0 Å². The molecule has 2 rings (SSSR count). The fraction of sp³-hybridized carbons (Fsp3) is 0.429. The van der Waals surface area contributed by atoms with Crippen molar-refractivity contribution in [3.05, 3.63) is 64.5 Å². The molecule has 0 aromatic heterocycles. The SMILES string of the molecule is C=C(CC)c1c(C)cc(F)cc1CC1=CCC(C)C(CC)=C1. The highest BCUT2D eigenvalue weighted by atomic mass is 19.1. The second kappa shape index (κ2) is 7.09. The van der Waals surface area contributed by atoms with Crippen molar-refractivity contribution in [2.24, 2.45) is 5.92 Å². The van der Waals surface area contributed by atoms with Crippen molar-refractivity contribution in [3.63, 3.8) is 0 Å². The summed E-state index contributed by atoms with van der Waals surface area (Å²) in [7, 11) is 0. The Labute approximate surface area is 134 Å². The number of hydrogen-bond donors (Lipinski definition) is 0. The van der Waals surface area contributed by atoms with Crippen molar-refractivity contribution in [1.82, 2.24) is 0 Å². The third-order valence-electron chi connectivity index (χ3n) is 4.70. The predicted octanol–water partition coefficient (Wildman–Crippen LogP) is 6.40. The minimum atomic E-state index is -0.148. The van der Waals surface area contributed by atoms with Gasteiger partial charge < -0.3 is 0 Å². The van der Waals surface area contributed by atoms with E-state index in [9.17, 15) is 4.39 Å². The largest absolute Gasteiger partial charge is 0.207 e. The highest BCUT2D eigenvalue weighted by Crippen LogP contribution is 2.31. The molecule has 0 radical (unpaired) electrons. The van der Waals surface area contributed by atoms with Gasteiger partial charge in [-0.3, -0.25) is 0 Å². The minimum absolute atomic E-state index is 0.148. The summed E-state index contributed by atoms with van der Waals surface area (Å²) in [5.41, 5.74) is 7.11. The fourth-order valence-electron chi connectivity index (χ4n) is 3.35. The average molecular weight is 298 g/mol. The molecule has 1 atom stereocenters. The normalized spacial score (nSPS) is 18.0. The average Bonchev–Trinajstić information content (AvgIpc) is 2.48. The third-order valence-corrected chi connectivity index (χ3v) is 4.70. The maximum absolute atomic E-state index is 13.9. The minimum Gasteiger partial charge on any atom is -0.207 e. The van der Waals surface area contributed by atoms with E-state index in [1.54, 1.807) is 12.1 Å². The van der Waals surface area contributed by atoms with Crippen LogP contribution < -0.4 is 0 Å². The Morgan fingerprint density at radius 3 is 2.68 bits per heavy atom. The van der Waals surface area contributed by atoms with Crippen LogP contribution in [0.3, 0.4) is 0 Å². The van der Waals surface area contributed by atoms with Crippen LogP contribution >= 0.6 is 0 Å². The van der Waals surface area contributed by atoms with Crippen LogP contribution in [-0.2, 0) is 6.42 Å². The smallest absolute Gasteiger partial charge is 0.123 e. The molecule has 0 heterocycles. The van der Waals surface area contributed by atoms with Gasteiger partial charge in [-0.15, -0.1) is 0 Å². The van der Waals surface area contributed by atoms with Crippen molar-refractivity contribution < 1.29 is 4.39 Å². The first kappa shape index (κ1) is 16.7. The Morgan fingerprint density at radius 1 is 1.32 bits per heavy atom. The molecule has 0 amide bonds. The lowest BCUT2D eigenvalue weighted by molar-refractivity contribution is 0.624. The second-order valence-electron chi connectivity index (χ2n) is 6.38. The lowest BCUT2D eigenvalue weighted by Gasteiger charge is -2.21. The first-order valence-electron chi connectivity index (χ1n) is 8.32. The van der Waals surface area contributed by atoms with Crippen LogP contribution in [0.25, 0.3) is 5.57 Å². The van der Waals surface area contributed by atoms with Crippen LogP contribution in [0.4, 0.5) is 4.39 Å². The summed E-state index contributed by atoms with van der Waals surface area (Å²) in [5.74, 6) is 0.484. The highest BCUT2D eigenvalue weighted by molar-refractivity contribution is 5.69. The summed E-state index contributed by atoms with van der Waals surface area (Å²) in [6.07, 6.45) is 8.49. The zero-order valence-electron chi connectivity index (χ0n) is 14.3. The van der Waals surface area contributed by atoms with Crippen LogP contribution in [0, 0.1) is 18.7 Å². The molecular weight excluding hydrogens is 271 g/mol. The monoisotopic (exact) mass is 298 g/mol. The van der Waals surface area contributed by atoms with E-state index in [0.717, 1.165) is 47.9 Å². The topological polar surface area (TPSA) is 0 Å². The molecule has 118 valence electrons. The number of hydrogen-bond acceptors (Lipinski definition) is 0. The van der Waals surface area contributed by atoms with Gasteiger partial charge in [0, 0.05) is 0 Å². The van der Waals surface area contributed by atoms with Gasteiger partial charge in [0.15, 0.2) is 0 Å². The molecule has 0 bridgehead atoms. The van der Waals surface area contributed by atoms with Crippen LogP contribution in [0.15, 0.2) is 42.0 Å². The van der Waals surface area contributed by atoms with Crippen LogP contribution in [0.1, 0.15) is 56.7 Å². The molecule has 0 spiro atoms. The molecular formula is C21H27F. The summed E-state index contributed by atoms with van der Waals surface area (Å²) >= 11 is 0. The lowest BCUT2D eigenvalue weighted by Crippen LogP contribution is -2.06. The first-order valence-corrected chi connectivity index (χ1v) is 8.32. The second-order valence-corrected chi connectivity index (χ2v) is 6.38. The Bertz CT molecular complexity index is 632. The zero-order valence-corrected chi connectivity index (χ0v) is 14.3. The zero-order chi connectivity index (χ0) is 16.3. The molecule has 1 aliphatic rings. The molecule has 0 N–H and O–H groups in total. The predicted molar refractivity (Wildman–Crippen MR) is 94.4 cm³/mol. The number of allylic oxidation sites excluding steroid dienone is 5. The van der Waals surface area contributed by atoms with E-state index >= 15 is 0 Å². The first-order chi connectivity index (χ1) is 10.5. The summed E-state index contributed by atoms with van der Waals surface area (Å²) < 4.78 is 13.9. The molecule has 1 aromatic rings. The molecule has 0 fully saturated rings. The van der Waals surface area contributed by atoms with Crippen LogP contribution in [0.2, 0.25) is 0 Å². The number of halogens is 1. The van der Waals surface area contributed by atoms with Crippen molar-refractivity contribution in [2.45, 2.75) is 53.4 Å². The Morgan fingerprint density at radius 2 is 2.05 bits per heavy atom. The molecule has 1 aromatic carbocycles. The summed E-state index contributed by atoms with van der Waals surface area (Å²) in [6.45, 7) is 12.7.